The average molecular weight is 181 g/mol. The van der Waals surface area contributed by atoms with Crippen molar-refractivity contribution < 1.29 is 4.79 Å². The predicted molar refractivity (Wildman–Crippen MR) is 53.3 cm³/mol. The van der Waals surface area contributed by atoms with Crippen LogP contribution in [0.25, 0.3) is 0 Å². The van der Waals surface area contributed by atoms with Crippen molar-refractivity contribution in [3.63, 3.8) is 0 Å². The molecule has 0 aliphatic carbocycles. The third-order valence-corrected chi connectivity index (χ3v) is 2.19. The number of carbonyl (C=O) groups excluding carboxylic acids is 1. The van der Waals surface area contributed by atoms with Gasteiger partial charge in [-0.25, -0.2) is 0 Å². The maximum atomic E-state index is 10.9. The third kappa shape index (κ3) is 2.01. The van der Waals surface area contributed by atoms with Gasteiger partial charge in [-0.2, -0.15) is 0 Å². The van der Waals surface area contributed by atoms with E-state index in [-0.39, 0.29) is 11.0 Å². The molecule has 0 heterocycles. The summed E-state index contributed by atoms with van der Waals surface area (Å²) in [7, 11) is 0. The molecule has 2 N–H and O–H groups in total. The van der Waals surface area contributed by atoms with E-state index in [9.17, 15) is 4.79 Å². The Labute approximate surface area is 77.2 Å². The van der Waals surface area contributed by atoms with Crippen LogP contribution in [0.3, 0.4) is 0 Å². The molecule has 2 nitrogen and oxygen atoms in total. The summed E-state index contributed by atoms with van der Waals surface area (Å²) in [6, 6.07) is 7.24. The lowest BCUT2D eigenvalue weighted by Gasteiger charge is -2.06. The van der Waals surface area contributed by atoms with Gasteiger partial charge in [0.25, 0.3) is 0 Å². The van der Waals surface area contributed by atoms with Crippen LogP contribution >= 0.6 is 12.6 Å². The normalized spacial score (nSPS) is 12.5. The molecular weight excluding hydrogens is 170 g/mol. The van der Waals surface area contributed by atoms with Gasteiger partial charge in [0.15, 0.2) is 5.12 Å². The van der Waals surface area contributed by atoms with Crippen LogP contribution in [0.15, 0.2) is 24.3 Å². The van der Waals surface area contributed by atoms with Crippen LogP contribution in [0, 0.1) is 0 Å². The second-order valence-corrected chi connectivity index (χ2v) is 3.17. The van der Waals surface area contributed by atoms with Gasteiger partial charge in [-0.1, -0.05) is 19.1 Å². The number of carbonyl (C=O) groups is 1. The summed E-state index contributed by atoms with van der Waals surface area (Å²) in [5.74, 6) is -0.158. The first-order chi connectivity index (χ1) is 5.61. The number of nitrogen functional groups attached to an aromatic ring is 1. The van der Waals surface area contributed by atoms with Crippen LogP contribution in [-0.4, -0.2) is 5.12 Å². The van der Waals surface area contributed by atoms with Crippen molar-refractivity contribution in [2.45, 2.75) is 12.8 Å². The van der Waals surface area contributed by atoms with E-state index in [0.29, 0.717) is 5.69 Å². The Morgan fingerprint density at radius 3 is 2.33 bits per heavy atom. The van der Waals surface area contributed by atoms with E-state index in [1.165, 1.54) is 0 Å². The fraction of sp³-hybridized carbons (Fsp3) is 0.222. The van der Waals surface area contributed by atoms with Crippen molar-refractivity contribution >= 4 is 23.4 Å². The highest BCUT2D eigenvalue weighted by Gasteiger charge is 2.10. The van der Waals surface area contributed by atoms with E-state index in [1.807, 2.05) is 19.1 Å². The van der Waals surface area contributed by atoms with Gasteiger partial charge in [-0.15, -0.1) is 12.6 Å². The molecule has 0 bridgehead atoms. The molecule has 0 saturated heterocycles. The Morgan fingerprint density at radius 2 is 1.92 bits per heavy atom. The van der Waals surface area contributed by atoms with Gasteiger partial charge in [-0.05, 0) is 17.7 Å². The molecule has 0 radical (unpaired) electrons. The average Bonchev–Trinajstić information content (AvgIpc) is 2.04. The first kappa shape index (κ1) is 9.13. The van der Waals surface area contributed by atoms with Crippen molar-refractivity contribution in [2.75, 3.05) is 5.73 Å². The van der Waals surface area contributed by atoms with Gasteiger partial charge >= 0.3 is 0 Å². The van der Waals surface area contributed by atoms with Crippen molar-refractivity contribution in [2.24, 2.45) is 0 Å². The van der Waals surface area contributed by atoms with Gasteiger partial charge in [0, 0.05) is 5.69 Å². The van der Waals surface area contributed by atoms with Gasteiger partial charge in [0.05, 0.1) is 5.92 Å². The molecule has 0 aliphatic rings. The second kappa shape index (κ2) is 3.63. The molecule has 0 saturated carbocycles. The summed E-state index contributed by atoms with van der Waals surface area (Å²) in [4.78, 5) is 10.9. The number of hydrogen-bond acceptors (Lipinski definition) is 2. The molecule has 3 heteroatoms. The molecule has 0 aliphatic heterocycles. The summed E-state index contributed by atoms with van der Waals surface area (Å²) >= 11 is 3.76. The molecule has 1 atom stereocenters. The van der Waals surface area contributed by atoms with Crippen molar-refractivity contribution in [1.82, 2.24) is 0 Å². The monoisotopic (exact) mass is 181 g/mol. The van der Waals surface area contributed by atoms with Gasteiger partial charge < -0.3 is 5.73 Å². The largest absolute Gasteiger partial charge is 0.399 e. The standard InChI is InChI=1S/C9H11NOS/c1-6(9(11)12)7-2-4-8(10)5-3-7/h2-6H,10H2,1H3,(H,11,12). The molecule has 1 aromatic carbocycles. The number of rotatable bonds is 2. The van der Waals surface area contributed by atoms with Crippen molar-refractivity contribution in [1.29, 1.82) is 0 Å². The minimum Gasteiger partial charge on any atom is -0.399 e. The van der Waals surface area contributed by atoms with E-state index < -0.39 is 0 Å². The zero-order valence-corrected chi connectivity index (χ0v) is 7.71. The van der Waals surface area contributed by atoms with Crippen molar-refractivity contribution in [3.05, 3.63) is 29.8 Å². The predicted octanol–water partition coefficient (Wildman–Crippen LogP) is 1.83. The molecular formula is C9H11NOS. The highest BCUT2D eigenvalue weighted by molar-refractivity contribution is 7.96. The topological polar surface area (TPSA) is 43.1 Å². The number of anilines is 1. The maximum Gasteiger partial charge on any atom is 0.193 e. The summed E-state index contributed by atoms with van der Waals surface area (Å²) in [6.45, 7) is 1.82. The van der Waals surface area contributed by atoms with Crippen LogP contribution in [0.1, 0.15) is 18.4 Å². The molecule has 0 spiro atoms. The Kier molecular flexibility index (Phi) is 2.76. The summed E-state index contributed by atoms with van der Waals surface area (Å²) in [5.41, 5.74) is 7.15. The van der Waals surface area contributed by atoms with Gasteiger partial charge in [0.2, 0.25) is 0 Å². The Hall–Kier alpha value is -0.960. The van der Waals surface area contributed by atoms with E-state index in [1.54, 1.807) is 12.1 Å². The quantitative estimate of drug-likeness (QED) is 0.540. The maximum absolute atomic E-state index is 10.9. The lowest BCUT2D eigenvalue weighted by Crippen LogP contribution is -2.01. The second-order valence-electron chi connectivity index (χ2n) is 2.73. The minimum absolute atomic E-state index is 0.125. The smallest absolute Gasteiger partial charge is 0.193 e. The van der Waals surface area contributed by atoms with Crippen LogP contribution in [0.5, 0.6) is 0 Å². The first-order valence-corrected chi connectivity index (χ1v) is 4.14. The number of benzene rings is 1. The molecule has 12 heavy (non-hydrogen) atoms. The van der Waals surface area contributed by atoms with Crippen LogP contribution in [0.4, 0.5) is 5.69 Å². The Bertz CT molecular complexity index is 281. The molecule has 1 rings (SSSR count). The Balaban J connectivity index is 2.89. The molecule has 1 aromatic rings. The molecule has 64 valence electrons. The summed E-state index contributed by atoms with van der Waals surface area (Å²) < 4.78 is 0. The van der Waals surface area contributed by atoms with Gasteiger partial charge in [-0.3, -0.25) is 4.79 Å². The minimum atomic E-state index is -0.158. The molecule has 0 amide bonds. The van der Waals surface area contributed by atoms with Crippen LogP contribution < -0.4 is 5.73 Å². The van der Waals surface area contributed by atoms with Crippen LogP contribution in [0.2, 0.25) is 0 Å². The van der Waals surface area contributed by atoms with Gasteiger partial charge in [0.1, 0.15) is 0 Å². The summed E-state index contributed by atoms with van der Waals surface area (Å²) in [6.07, 6.45) is 0. The van der Waals surface area contributed by atoms with Crippen molar-refractivity contribution in [3.8, 4) is 0 Å². The van der Waals surface area contributed by atoms with E-state index in [4.69, 9.17) is 5.73 Å². The lowest BCUT2D eigenvalue weighted by molar-refractivity contribution is -0.111. The summed E-state index contributed by atoms with van der Waals surface area (Å²) in [5, 5.41) is -0.125. The Morgan fingerprint density at radius 1 is 1.42 bits per heavy atom. The molecule has 0 fully saturated rings. The van der Waals surface area contributed by atoms with E-state index >= 15 is 0 Å². The lowest BCUT2D eigenvalue weighted by atomic mass is 10.0. The number of hydrogen-bond donors (Lipinski definition) is 2. The fourth-order valence-electron chi connectivity index (χ4n) is 0.927. The third-order valence-electron chi connectivity index (χ3n) is 1.81. The molecule has 0 aromatic heterocycles. The molecule has 1 unspecified atom stereocenters. The van der Waals surface area contributed by atoms with Crippen LogP contribution in [-0.2, 0) is 4.79 Å². The SMILES string of the molecule is CC(C(=O)S)c1ccc(N)cc1. The number of nitrogens with two attached hydrogens (primary N) is 1. The highest BCUT2D eigenvalue weighted by atomic mass is 32.1. The highest BCUT2D eigenvalue weighted by Crippen LogP contribution is 2.18. The first-order valence-electron chi connectivity index (χ1n) is 3.69. The zero-order valence-electron chi connectivity index (χ0n) is 6.82. The zero-order chi connectivity index (χ0) is 9.14. The van der Waals surface area contributed by atoms with E-state index in [0.717, 1.165) is 5.56 Å². The van der Waals surface area contributed by atoms with E-state index in [2.05, 4.69) is 12.6 Å². The fourth-order valence-corrected chi connectivity index (χ4v) is 1.08. The number of thiol groups is 1.